The van der Waals surface area contributed by atoms with Crippen molar-refractivity contribution in [3.05, 3.63) is 69.3 Å². The third-order valence-corrected chi connectivity index (χ3v) is 4.87. The summed E-state index contributed by atoms with van der Waals surface area (Å²) in [5.74, 6) is -0.753. The van der Waals surface area contributed by atoms with E-state index in [2.05, 4.69) is 15.7 Å². The van der Waals surface area contributed by atoms with Crippen LogP contribution in [0, 0.1) is 6.92 Å². The summed E-state index contributed by atoms with van der Waals surface area (Å²) in [6, 6.07) is 10.4. The first-order valence-corrected chi connectivity index (χ1v) is 9.19. The Hall–Kier alpha value is -2.83. The maximum Gasteiger partial charge on any atom is 0.259 e. The molecule has 2 N–H and O–H groups in total. The number of amides is 2. The van der Waals surface area contributed by atoms with Gasteiger partial charge in [0.25, 0.3) is 11.8 Å². The van der Waals surface area contributed by atoms with Gasteiger partial charge in [-0.3, -0.25) is 14.3 Å². The smallest absolute Gasteiger partial charge is 0.259 e. The molecule has 1 heterocycles. The van der Waals surface area contributed by atoms with E-state index in [4.69, 9.17) is 23.2 Å². The molecule has 2 amide bonds. The topological polar surface area (TPSA) is 76.0 Å². The van der Waals surface area contributed by atoms with Gasteiger partial charge in [0.2, 0.25) is 0 Å². The van der Waals surface area contributed by atoms with Gasteiger partial charge in [-0.1, -0.05) is 41.4 Å². The molecule has 0 aliphatic carbocycles. The Morgan fingerprint density at radius 3 is 2.46 bits per heavy atom. The molecule has 1 aromatic heterocycles. The van der Waals surface area contributed by atoms with Crippen LogP contribution in [0.25, 0.3) is 11.3 Å². The number of nitrogens with one attached hydrogen (secondary N) is 2. The monoisotopic (exact) mass is 416 g/mol. The fourth-order valence-electron chi connectivity index (χ4n) is 2.98. The average molecular weight is 417 g/mol. The lowest BCUT2D eigenvalue weighted by molar-refractivity contribution is 0.0964. The molecule has 0 unspecified atom stereocenters. The summed E-state index contributed by atoms with van der Waals surface area (Å²) >= 11 is 12.4. The minimum atomic E-state index is -0.404. The van der Waals surface area contributed by atoms with Crippen LogP contribution < -0.4 is 10.6 Å². The van der Waals surface area contributed by atoms with E-state index in [1.165, 1.54) is 19.3 Å². The second-order valence-corrected chi connectivity index (χ2v) is 7.03. The highest BCUT2D eigenvalue weighted by molar-refractivity contribution is 6.33. The van der Waals surface area contributed by atoms with Crippen LogP contribution in [0.3, 0.4) is 0 Å². The molecule has 3 rings (SSSR count). The Morgan fingerprint density at radius 2 is 1.79 bits per heavy atom. The van der Waals surface area contributed by atoms with Crippen molar-refractivity contribution in [3.8, 4) is 11.3 Å². The number of hydrogen-bond donors (Lipinski definition) is 2. The summed E-state index contributed by atoms with van der Waals surface area (Å²) in [6.45, 7) is 1.77. The van der Waals surface area contributed by atoms with E-state index in [9.17, 15) is 9.59 Å². The number of carbonyl (C=O) groups excluding carboxylic acids is 2. The first kappa shape index (κ1) is 19.9. The Kier molecular flexibility index (Phi) is 5.72. The third-order valence-electron chi connectivity index (χ3n) is 4.32. The molecule has 0 atom stereocenters. The van der Waals surface area contributed by atoms with E-state index in [0.717, 1.165) is 0 Å². The quantitative estimate of drug-likeness (QED) is 0.664. The number of benzene rings is 2. The largest absolute Gasteiger partial charge is 0.355 e. The number of aromatic nitrogens is 2. The summed E-state index contributed by atoms with van der Waals surface area (Å²) in [6.07, 6.45) is 1.47. The molecular formula is C20H18Cl2N4O2. The number of carbonyl (C=O) groups is 2. The summed E-state index contributed by atoms with van der Waals surface area (Å²) in [5, 5.41) is 10.5. The fourth-order valence-corrected chi connectivity index (χ4v) is 3.48. The van der Waals surface area contributed by atoms with Crippen molar-refractivity contribution >= 4 is 40.7 Å². The van der Waals surface area contributed by atoms with Gasteiger partial charge < -0.3 is 10.6 Å². The molecule has 0 saturated heterocycles. The van der Waals surface area contributed by atoms with Crippen molar-refractivity contribution < 1.29 is 9.59 Å². The van der Waals surface area contributed by atoms with Gasteiger partial charge in [-0.05, 0) is 30.7 Å². The van der Waals surface area contributed by atoms with Crippen molar-refractivity contribution in [2.24, 2.45) is 7.05 Å². The number of nitrogens with zero attached hydrogens (tertiary/aromatic N) is 2. The first-order chi connectivity index (χ1) is 13.3. The lowest BCUT2D eigenvalue weighted by Crippen LogP contribution is -2.22. The molecule has 6 nitrogen and oxygen atoms in total. The van der Waals surface area contributed by atoms with Crippen LogP contribution in [-0.4, -0.2) is 28.6 Å². The first-order valence-electron chi connectivity index (χ1n) is 8.44. The minimum Gasteiger partial charge on any atom is -0.355 e. The zero-order chi connectivity index (χ0) is 20.4. The lowest BCUT2D eigenvalue weighted by Gasteiger charge is -2.14. The molecule has 0 saturated carbocycles. The van der Waals surface area contributed by atoms with Crippen molar-refractivity contribution in [1.29, 1.82) is 0 Å². The second kappa shape index (κ2) is 8.04. The number of anilines is 1. The molecule has 8 heteroatoms. The van der Waals surface area contributed by atoms with Gasteiger partial charge in [0.05, 0.1) is 28.7 Å². The van der Waals surface area contributed by atoms with E-state index in [1.54, 1.807) is 30.8 Å². The SMILES string of the molecule is CNC(=O)c1cc(Cl)cc(C)c1NC(=O)c1cnn(C)c1-c1ccccc1Cl. The maximum atomic E-state index is 13.1. The predicted molar refractivity (Wildman–Crippen MR) is 111 cm³/mol. The number of hydrogen-bond acceptors (Lipinski definition) is 3. The molecule has 0 aliphatic rings. The van der Waals surface area contributed by atoms with E-state index in [1.807, 2.05) is 18.2 Å². The van der Waals surface area contributed by atoms with E-state index < -0.39 is 5.91 Å². The normalized spacial score (nSPS) is 10.6. The highest BCUT2D eigenvalue weighted by Crippen LogP contribution is 2.31. The van der Waals surface area contributed by atoms with Crippen LogP contribution in [0.2, 0.25) is 10.0 Å². The Balaban J connectivity index is 2.05. The van der Waals surface area contributed by atoms with Crippen LogP contribution in [0.1, 0.15) is 26.3 Å². The van der Waals surface area contributed by atoms with E-state index in [0.29, 0.717) is 38.1 Å². The van der Waals surface area contributed by atoms with Gasteiger partial charge in [0.15, 0.2) is 0 Å². The fraction of sp³-hybridized carbons (Fsp3) is 0.150. The molecule has 2 aromatic carbocycles. The van der Waals surface area contributed by atoms with E-state index in [-0.39, 0.29) is 11.5 Å². The van der Waals surface area contributed by atoms with Crippen molar-refractivity contribution in [2.45, 2.75) is 6.92 Å². The molecule has 0 aliphatic heterocycles. The summed E-state index contributed by atoms with van der Waals surface area (Å²) in [4.78, 5) is 25.3. The average Bonchev–Trinajstić information content (AvgIpc) is 3.04. The highest BCUT2D eigenvalue weighted by atomic mass is 35.5. The van der Waals surface area contributed by atoms with Crippen LogP contribution in [0.15, 0.2) is 42.6 Å². The standard InChI is InChI=1S/C20H18Cl2N4O2/c1-11-8-12(21)9-14(19(27)23-2)17(11)25-20(28)15-10-24-26(3)18(15)13-6-4-5-7-16(13)22/h4-10H,1-3H3,(H,23,27)(H,25,28). The van der Waals surface area contributed by atoms with Gasteiger partial charge in [0, 0.05) is 29.7 Å². The van der Waals surface area contributed by atoms with Crippen LogP contribution in [-0.2, 0) is 7.05 Å². The van der Waals surface area contributed by atoms with Gasteiger partial charge in [-0.25, -0.2) is 0 Å². The van der Waals surface area contributed by atoms with Gasteiger partial charge in [-0.2, -0.15) is 5.10 Å². The molecule has 0 fully saturated rings. The Labute approximate surface area is 172 Å². The van der Waals surface area contributed by atoms with Gasteiger partial charge in [0.1, 0.15) is 0 Å². The zero-order valence-electron chi connectivity index (χ0n) is 15.5. The predicted octanol–water partition coefficient (Wildman–Crippen LogP) is 4.31. The minimum absolute atomic E-state index is 0.282. The van der Waals surface area contributed by atoms with Crippen LogP contribution >= 0.6 is 23.2 Å². The van der Waals surface area contributed by atoms with Crippen LogP contribution in [0.4, 0.5) is 5.69 Å². The number of aryl methyl sites for hydroxylation is 2. The van der Waals surface area contributed by atoms with Crippen LogP contribution in [0.5, 0.6) is 0 Å². The summed E-state index contributed by atoms with van der Waals surface area (Å²) in [7, 11) is 3.25. The lowest BCUT2D eigenvalue weighted by atomic mass is 10.0. The summed E-state index contributed by atoms with van der Waals surface area (Å²) < 4.78 is 1.59. The van der Waals surface area contributed by atoms with Crippen molar-refractivity contribution in [2.75, 3.05) is 12.4 Å². The zero-order valence-corrected chi connectivity index (χ0v) is 17.0. The molecule has 144 valence electrons. The highest BCUT2D eigenvalue weighted by Gasteiger charge is 2.22. The molecule has 0 bridgehead atoms. The Bertz CT molecular complexity index is 1080. The second-order valence-electron chi connectivity index (χ2n) is 6.19. The molecule has 3 aromatic rings. The molecular weight excluding hydrogens is 399 g/mol. The third kappa shape index (κ3) is 3.74. The molecule has 0 spiro atoms. The maximum absolute atomic E-state index is 13.1. The Morgan fingerprint density at radius 1 is 1.07 bits per heavy atom. The van der Waals surface area contributed by atoms with Gasteiger partial charge in [-0.15, -0.1) is 0 Å². The number of rotatable bonds is 4. The van der Waals surface area contributed by atoms with Gasteiger partial charge >= 0.3 is 0 Å². The summed E-state index contributed by atoms with van der Waals surface area (Å²) in [5.41, 5.74) is 2.95. The molecule has 0 radical (unpaired) electrons. The molecule has 28 heavy (non-hydrogen) atoms. The van der Waals surface area contributed by atoms with Crippen molar-refractivity contribution in [1.82, 2.24) is 15.1 Å². The number of halogens is 2. The van der Waals surface area contributed by atoms with E-state index >= 15 is 0 Å². The van der Waals surface area contributed by atoms with Crippen molar-refractivity contribution in [3.63, 3.8) is 0 Å².